The molecule has 1 saturated carbocycles. The smallest absolute Gasteiger partial charge is 0.191 e. The second kappa shape index (κ2) is 10.5. The van der Waals surface area contributed by atoms with Crippen LogP contribution in [0, 0.1) is 0 Å². The van der Waals surface area contributed by atoms with Gasteiger partial charge >= 0.3 is 0 Å². The number of phenols is 1. The van der Waals surface area contributed by atoms with Gasteiger partial charge in [0.1, 0.15) is 5.75 Å². The molecule has 0 bridgehead atoms. The molecular formula is C19H31N3OS. The van der Waals surface area contributed by atoms with Gasteiger partial charge in [-0.05, 0) is 62.5 Å². The Morgan fingerprint density at radius 1 is 1.25 bits per heavy atom. The van der Waals surface area contributed by atoms with E-state index >= 15 is 0 Å². The molecule has 0 aliphatic heterocycles. The Morgan fingerprint density at radius 3 is 2.75 bits per heavy atom. The van der Waals surface area contributed by atoms with Crippen molar-refractivity contribution in [1.82, 2.24) is 10.6 Å². The van der Waals surface area contributed by atoms with Crippen LogP contribution in [0.3, 0.4) is 0 Å². The molecular weight excluding hydrogens is 318 g/mol. The molecule has 1 aliphatic carbocycles. The molecule has 1 fully saturated rings. The maximum absolute atomic E-state index is 9.31. The van der Waals surface area contributed by atoms with Crippen molar-refractivity contribution in [2.45, 2.75) is 57.2 Å². The van der Waals surface area contributed by atoms with E-state index < -0.39 is 0 Å². The molecule has 1 aliphatic rings. The van der Waals surface area contributed by atoms with Crippen LogP contribution >= 0.6 is 11.8 Å². The molecule has 2 rings (SSSR count). The number of benzene rings is 1. The van der Waals surface area contributed by atoms with Crippen molar-refractivity contribution in [1.29, 1.82) is 0 Å². The van der Waals surface area contributed by atoms with E-state index in [1.165, 1.54) is 30.6 Å². The minimum atomic E-state index is 0.325. The number of aryl methyl sites for hydroxylation is 1. The van der Waals surface area contributed by atoms with Crippen molar-refractivity contribution < 1.29 is 5.11 Å². The number of nitrogens with zero attached hydrogens (tertiary/aromatic N) is 1. The van der Waals surface area contributed by atoms with Gasteiger partial charge in [-0.1, -0.05) is 19.1 Å². The lowest BCUT2D eigenvalue weighted by atomic mass is 10.1. The highest BCUT2D eigenvalue weighted by atomic mass is 32.2. The van der Waals surface area contributed by atoms with Crippen LogP contribution in [0.15, 0.2) is 29.3 Å². The fraction of sp³-hybridized carbons (Fsp3) is 0.632. The van der Waals surface area contributed by atoms with Crippen molar-refractivity contribution in [3.8, 4) is 5.75 Å². The van der Waals surface area contributed by atoms with Gasteiger partial charge in [-0.3, -0.25) is 4.99 Å². The third-order valence-corrected chi connectivity index (χ3v) is 5.53. The summed E-state index contributed by atoms with van der Waals surface area (Å²) in [6.07, 6.45) is 5.81. The molecule has 0 heterocycles. The van der Waals surface area contributed by atoms with Crippen LogP contribution in [0.25, 0.3) is 0 Å². The summed E-state index contributed by atoms with van der Waals surface area (Å²) in [6.45, 7) is 6.06. The number of hydrogen-bond donors (Lipinski definition) is 3. The number of rotatable bonds is 8. The highest BCUT2D eigenvalue weighted by Crippen LogP contribution is 2.29. The molecule has 134 valence electrons. The maximum atomic E-state index is 9.31. The van der Waals surface area contributed by atoms with E-state index in [2.05, 4.69) is 36.2 Å². The Morgan fingerprint density at radius 2 is 2.04 bits per heavy atom. The largest absolute Gasteiger partial charge is 0.508 e. The Labute approximate surface area is 150 Å². The third-order valence-electron chi connectivity index (χ3n) is 4.30. The number of guanidine groups is 1. The lowest BCUT2D eigenvalue weighted by Crippen LogP contribution is -2.42. The minimum Gasteiger partial charge on any atom is -0.508 e. The number of hydrogen-bond acceptors (Lipinski definition) is 3. The van der Waals surface area contributed by atoms with Gasteiger partial charge in [0, 0.05) is 24.4 Å². The summed E-state index contributed by atoms with van der Waals surface area (Å²) in [5.41, 5.74) is 1.25. The number of aromatic hydroxyl groups is 1. The van der Waals surface area contributed by atoms with Crippen LogP contribution in [0.1, 0.15) is 45.1 Å². The summed E-state index contributed by atoms with van der Waals surface area (Å²) in [7, 11) is 0. The normalized spacial score (nSPS) is 21.0. The molecule has 5 heteroatoms. The summed E-state index contributed by atoms with van der Waals surface area (Å²) in [4.78, 5) is 4.72. The Kier molecular flexibility index (Phi) is 8.29. The number of phenolic OH excluding ortho intramolecular Hbond substituents is 1. The summed E-state index contributed by atoms with van der Waals surface area (Å²) >= 11 is 2.09. The summed E-state index contributed by atoms with van der Waals surface area (Å²) < 4.78 is 0. The first-order chi connectivity index (χ1) is 11.7. The van der Waals surface area contributed by atoms with Gasteiger partial charge in [0.15, 0.2) is 5.96 Å². The molecule has 1 aromatic rings. The van der Waals surface area contributed by atoms with Crippen molar-refractivity contribution in [3.05, 3.63) is 29.8 Å². The lowest BCUT2D eigenvalue weighted by molar-refractivity contribution is 0.475. The van der Waals surface area contributed by atoms with Crippen molar-refractivity contribution in [3.63, 3.8) is 0 Å². The maximum Gasteiger partial charge on any atom is 0.191 e. The van der Waals surface area contributed by atoms with Gasteiger partial charge in [-0.25, -0.2) is 0 Å². The van der Waals surface area contributed by atoms with E-state index in [9.17, 15) is 5.11 Å². The van der Waals surface area contributed by atoms with Crippen molar-refractivity contribution in [2.75, 3.05) is 18.8 Å². The number of aliphatic imine (C=N–C) groups is 1. The van der Waals surface area contributed by atoms with Crippen LogP contribution in [0.4, 0.5) is 0 Å². The van der Waals surface area contributed by atoms with Gasteiger partial charge < -0.3 is 15.7 Å². The molecule has 2 atom stereocenters. The van der Waals surface area contributed by atoms with Crippen molar-refractivity contribution in [2.24, 2.45) is 4.99 Å². The molecule has 0 amide bonds. The molecule has 3 N–H and O–H groups in total. The first-order valence-electron chi connectivity index (χ1n) is 9.15. The minimum absolute atomic E-state index is 0.325. The first-order valence-corrected chi connectivity index (χ1v) is 10.2. The summed E-state index contributed by atoms with van der Waals surface area (Å²) in [6, 6.07) is 8.01. The number of thioether (sulfide) groups is 1. The fourth-order valence-corrected chi connectivity index (χ4v) is 4.25. The molecule has 0 saturated heterocycles. The SMILES string of the molecule is CCNC(=NCCCc1ccc(O)cc1)NC1CCC(SCC)C1. The third kappa shape index (κ3) is 6.63. The standard InChI is InChI=1S/C19H31N3OS/c1-3-20-19(22-16-9-12-18(14-16)24-4-2)21-13-5-6-15-7-10-17(23)11-8-15/h7-8,10-11,16,18,23H,3-6,9,12-14H2,1-2H3,(H2,20,21,22). The second-order valence-corrected chi connectivity index (χ2v) is 7.84. The van der Waals surface area contributed by atoms with Crippen LogP contribution in [-0.2, 0) is 6.42 Å². The van der Waals surface area contributed by atoms with Gasteiger partial charge in [0.05, 0.1) is 0 Å². The van der Waals surface area contributed by atoms with Crippen LogP contribution in [0.2, 0.25) is 0 Å². The van der Waals surface area contributed by atoms with Gasteiger partial charge in [0.2, 0.25) is 0 Å². The highest BCUT2D eigenvalue weighted by molar-refractivity contribution is 7.99. The van der Waals surface area contributed by atoms with E-state index in [-0.39, 0.29) is 0 Å². The monoisotopic (exact) mass is 349 g/mol. The van der Waals surface area contributed by atoms with Crippen LogP contribution in [-0.4, -0.2) is 41.2 Å². The van der Waals surface area contributed by atoms with E-state index in [0.717, 1.165) is 37.1 Å². The van der Waals surface area contributed by atoms with E-state index in [4.69, 9.17) is 4.99 Å². The fourth-order valence-electron chi connectivity index (χ4n) is 3.11. The summed E-state index contributed by atoms with van der Waals surface area (Å²) in [5.74, 6) is 2.49. The molecule has 4 nitrogen and oxygen atoms in total. The quantitative estimate of drug-likeness (QED) is 0.382. The van der Waals surface area contributed by atoms with E-state index in [1.54, 1.807) is 12.1 Å². The lowest BCUT2D eigenvalue weighted by Gasteiger charge is -2.17. The Balaban J connectivity index is 1.75. The van der Waals surface area contributed by atoms with Crippen LogP contribution < -0.4 is 10.6 Å². The Bertz CT molecular complexity index is 504. The topological polar surface area (TPSA) is 56.7 Å². The number of nitrogens with one attached hydrogen (secondary N) is 2. The molecule has 0 radical (unpaired) electrons. The van der Waals surface area contributed by atoms with Gasteiger partial charge in [-0.2, -0.15) is 11.8 Å². The van der Waals surface area contributed by atoms with Crippen molar-refractivity contribution >= 4 is 17.7 Å². The van der Waals surface area contributed by atoms with Gasteiger partial charge in [-0.15, -0.1) is 0 Å². The van der Waals surface area contributed by atoms with E-state index in [1.807, 2.05) is 12.1 Å². The average Bonchev–Trinajstić information content (AvgIpc) is 3.01. The molecule has 0 aromatic heterocycles. The van der Waals surface area contributed by atoms with E-state index in [0.29, 0.717) is 11.8 Å². The molecule has 2 unspecified atom stereocenters. The molecule has 24 heavy (non-hydrogen) atoms. The average molecular weight is 350 g/mol. The molecule has 1 aromatic carbocycles. The zero-order valence-electron chi connectivity index (χ0n) is 14.9. The first kappa shape index (κ1) is 19.0. The zero-order valence-corrected chi connectivity index (χ0v) is 15.7. The molecule has 0 spiro atoms. The predicted octanol–water partition coefficient (Wildman–Crippen LogP) is 3.55. The highest BCUT2D eigenvalue weighted by Gasteiger charge is 2.24. The van der Waals surface area contributed by atoms with Crippen LogP contribution in [0.5, 0.6) is 5.75 Å². The Hall–Kier alpha value is -1.36. The predicted molar refractivity (Wildman–Crippen MR) is 105 cm³/mol. The van der Waals surface area contributed by atoms with Gasteiger partial charge in [0.25, 0.3) is 0 Å². The summed E-state index contributed by atoms with van der Waals surface area (Å²) in [5, 5.41) is 17.1. The second-order valence-electron chi connectivity index (χ2n) is 6.26. The zero-order chi connectivity index (χ0) is 17.2.